The summed E-state index contributed by atoms with van der Waals surface area (Å²) in [4.78, 5) is 0. The predicted molar refractivity (Wildman–Crippen MR) is 315 cm³/mol. The summed E-state index contributed by atoms with van der Waals surface area (Å²) in [5.74, 6) is 6.16. The minimum atomic E-state index is -0.568. The Hall–Kier alpha value is -1.80. The van der Waals surface area contributed by atoms with Crippen LogP contribution >= 0.6 is 31.7 Å². The Morgan fingerprint density at radius 1 is 0.394 bits per heavy atom. The number of hydrogen-bond donors (Lipinski definition) is 0. The van der Waals surface area contributed by atoms with Crippen molar-refractivity contribution in [2.45, 2.75) is 247 Å². The molecule has 6 heteroatoms. The molecule has 382 valence electrons. The van der Waals surface area contributed by atoms with E-state index >= 15 is 0 Å². The number of fused-ring (bicyclic) bond motifs is 11. The number of rotatable bonds is 5. The smallest absolute Gasteiger partial charge is 0.139 e. The van der Waals surface area contributed by atoms with Gasteiger partial charge in [0.25, 0.3) is 0 Å². The fourth-order valence-electron chi connectivity index (χ4n) is 17.5. The highest BCUT2D eigenvalue weighted by molar-refractivity contribution is 7.71. The van der Waals surface area contributed by atoms with Crippen LogP contribution in [0.2, 0.25) is 0 Å². The van der Waals surface area contributed by atoms with Crippen LogP contribution in [-0.4, -0.2) is 30.9 Å². The van der Waals surface area contributed by atoms with E-state index in [0.29, 0.717) is 22.1 Å². The largest absolute Gasteiger partial charge is 0.456 e. The first-order valence-corrected chi connectivity index (χ1v) is 33.6. The fraction of sp³-hybridized carbons (Fsp3) is 0.631. The van der Waals surface area contributed by atoms with E-state index in [2.05, 4.69) is 184 Å². The molecule has 71 heavy (non-hydrogen) atoms. The summed E-state index contributed by atoms with van der Waals surface area (Å²) in [5, 5.41) is 8.12. The van der Waals surface area contributed by atoms with E-state index in [9.17, 15) is 0 Å². The maximum Gasteiger partial charge on any atom is 0.139 e. The van der Waals surface area contributed by atoms with Crippen molar-refractivity contribution in [3.8, 4) is 23.0 Å². The lowest BCUT2D eigenvalue weighted by Crippen LogP contribution is -2.48. The van der Waals surface area contributed by atoms with Gasteiger partial charge < -0.3 is 9.47 Å². The van der Waals surface area contributed by atoms with E-state index in [1.165, 1.54) is 123 Å². The molecule has 7 aliphatic heterocycles. The molecular formula is C65H90O2P4. The van der Waals surface area contributed by atoms with E-state index in [0.717, 1.165) is 11.5 Å². The molecule has 0 saturated carbocycles. The molecule has 4 fully saturated rings. The van der Waals surface area contributed by atoms with Crippen molar-refractivity contribution in [3.63, 3.8) is 0 Å². The van der Waals surface area contributed by atoms with Gasteiger partial charge in [-0.15, -0.1) is 0 Å². The molecule has 0 aromatic heterocycles. The SMILES string of the molecule is CC1(C)c2cccc(P3C(C)(C)CCCCC3(C)C)c2Oc2c1ccc1c2P2C(C)(C)CCC(C3CCC(C)(C)P(c4ccccc4Oc4cccc5c4P4C(C)(C)CCCCC54C)C(C)(C)C3)CC12C. The third kappa shape index (κ3) is 7.93. The Morgan fingerprint density at radius 3 is 1.54 bits per heavy atom. The van der Waals surface area contributed by atoms with E-state index in [1.807, 2.05) is 0 Å². The number of benzene rings is 4. The van der Waals surface area contributed by atoms with Crippen molar-refractivity contribution in [2.75, 3.05) is 0 Å². The van der Waals surface area contributed by atoms with Crippen LogP contribution < -0.4 is 30.7 Å². The molecule has 7 atom stereocenters. The second kappa shape index (κ2) is 17.1. The Morgan fingerprint density at radius 2 is 0.859 bits per heavy atom. The van der Waals surface area contributed by atoms with E-state index in [-0.39, 0.29) is 44.3 Å². The molecule has 7 unspecified atom stereocenters. The van der Waals surface area contributed by atoms with Crippen molar-refractivity contribution in [1.82, 2.24) is 0 Å². The molecule has 0 aliphatic carbocycles. The lowest BCUT2D eigenvalue weighted by molar-refractivity contribution is 0.226. The van der Waals surface area contributed by atoms with Crippen LogP contribution in [0.1, 0.15) is 223 Å². The molecule has 7 aliphatic rings. The molecule has 11 rings (SSSR count). The predicted octanol–water partition coefficient (Wildman–Crippen LogP) is 18.9. The summed E-state index contributed by atoms with van der Waals surface area (Å²) < 4.78 is 15.1. The van der Waals surface area contributed by atoms with Crippen molar-refractivity contribution in [3.05, 3.63) is 95.1 Å². The maximum absolute atomic E-state index is 7.71. The number of para-hydroxylation sites is 2. The number of hydrogen-bond acceptors (Lipinski definition) is 2. The molecule has 0 spiro atoms. The zero-order valence-corrected chi connectivity index (χ0v) is 50.7. The normalized spacial score (nSPS) is 33.4. The molecule has 4 aromatic rings. The molecule has 7 heterocycles. The highest BCUT2D eigenvalue weighted by Gasteiger charge is 2.61. The van der Waals surface area contributed by atoms with Crippen LogP contribution in [-0.2, 0) is 15.7 Å². The molecule has 4 aromatic carbocycles. The van der Waals surface area contributed by atoms with Gasteiger partial charge in [-0.3, -0.25) is 0 Å². The summed E-state index contributed by atoms with van der Waals surface area (Å²) in [6.07, 6.45) is 18.4. The van der Waals surface area contributed by atoms with E-state index in [1.54, 1.807) is 21.7 Å². The first-order chi connectivity index (χ1) is 33.2. The Kier molecular flexibility index (Phi) is 12.4. The molecule has 0 N–H and O–H groups in total. The summed E-state index contributed by atoms with van der Waals surface area (Å²) >= 11 is 0. The van der Waals surface area contributed by atoms with Crippen LogP contribution in [0.5, 0.6) is 23.0 Å². The van der Waals surface area contributed by atoms with Gasteiger partial charge in [-0.2, -0.15) is 0 Å². The minimum Gasteiger partial charge on any atom is -0.456 e. The lowest BCUT2D eigenvalue weighted by Gasteiger charge is -2.57. The Balaban J connectivity index is 0.909. The second-order valence-electron chi connectivity index (χ2n) is 28.6. The molecular weight excluding hydrogens is 937 g/mol. The quantitative estimate of drug-likeness (QED) is 0.186. The third-order valence-electron chi connectivity index (χ3n) is 20.3. The summed E-state index contributed by atoms with van der Waals surface area (Å²) in [7, 11) is -1.83. The monoisotopic (exact) mass is 1030 g/mol. The van der Waals surface area contributed by atoms with Gasteiger partial charge in [0.05, 0.1) is 0 Å². The number of ether oxygens (including phenoxy) is 2. The summed E-state index contributed by atoms with van der Waals surface area (Å²) in [5.41, 5.74) is 5.87. The van der Waals surface area contributed by atoms with Gasteiger partial charge in [-0.05, 0) is 130 Å². The van der Waals surface area contributed by atoms with Gasteiger partial charge in [0.15, 0.2) is 0 Å². The van der Waals surface area contributed by atoms with Crippen LogP contribution in [0.4, 0.5) is 0 Å². The first-order valence-electron chi connectivity index (χ1n) is 28.3. The van der Waals surface area contributed by atoms with Gasteiger partial charge in [0.2, 0.25) is 0 Å². The van der Waals surface area contributed by atoms with Gasteiger partial charge in [-0.25, -0.2) is 0 Å². The molecule has 2 nitrogen and oxygen atoms in total. The van der Waals surface area contributed by atoms with Crippen molar-refractivity contribution in [2.24, 2.45) is 11.8 Å². The standard InChI is InChI=1S/C65H90O2P4/c1-57(2)35-19-20-36-58(3,4)69(57)52-30-24-25-45-53(52)67-54-46(63(45,13)14)31-32-48-56(54)71-61(9,10)40-34-44(42-65(48,71)16)43-33-39-60(7,8)68(62(11,12)41-43)51-29-18-17-27-49(51)66-50-28-23-26-47-55(50)70-59(5,6)37-21-22-38-64(47,70)15/h17-18,23-32,43-44H,19-22,33-42H2,1-16H3. The topological polar surface area (TPSA) is 18.5 Å². The van der Waals surface area contributed by atoms with Gasteiger partial charge in [-0.1, -0.05) is 229 Å². The zero-order valence-electron chi connectivity index (χ0n) is 47.1. The maximum atomic E-state index is 7.71. The molecule has 0 amide bonds. The van der Waals surface area contributed by atoms with Crippen molar-refractivity contribution >= 4 is 52.9 Å². The molecule has 4 saturated heterocycles. The van der Waals surface area contributed by atoms with Gasteiger partial charge in [0, 0.05) is 48.1 Å². The van der Waals surface area contributed by atoms with Gasteiger partial charge >= 0.3 is 0 Å². The molecule has 0 bridgehead atoms. The summed E-state index contributed by atoms with van der Waals surface area (Å²) in [6, 6.07) is 28.8. The van der Waals surface area contributed by atoms with E-state index < -0.39 is 23.8 Å². The second-order valence-corrected chi connectivity index (χ2v) is 42.4. The highest BCUT2D eigenvalue weighted by Crippen LogP contribution is 2.79. The third-order valence-corrected chi connectivity index (χ3v) is 35.3. The average molecular weight is 1030 g/mol. The first kappa shape index (κ1) is 51.3. The van der Waals surface area contributed by atoms with Crippen molar-refractivity contribution < 1.29 is 9.47 Å². The lowest BCUT2D eigenvalue weighted by atomic mass is 9.72. The van der Waals surface area contributed by atoms with E-state index in [4.69, 9.17) is 9.47 Å². The van der Waals surface area contributed by atoms with Gasteiger partial charge in [0.1, 0.15) is 23.0 Å². The van der Waals surface area contributed by atoms with Crippen molar-refractivity contribution in [1.29, 1.82) is 0 Å². The fourth-order valence-corrected chi connectivity index (χ4v) is 34.8. The minimum absolute atomic E-state index is 0.125. The molecule has 0 radical (unpaired) electrons. The van der Waals surface area contributed by atoms with Crippen LogP contribution in [0.15, 0.2) is 72.8 Å². The Labute approximate surface area is 437 Å². The summed E-state index contributed by atoms with van der Waals surface area (Å²) in [6.45, 7) is 41.6. The highest BCUT2D eigenvalue weighted by atomic mass is 31.1. The average Bonchev–Trinajstić information content (AvgIpc) is 3.54. The van der Waals surface area contributed by atoms with Crippen LogP contribution in [0.25, 0.3) is 0 Å². The Bertz CT molecular complexity index is 2740. The zero-order chi connectivity index (χ0) is 50.7. The van der Waals surface area contributed by atoms with Crippen LogP contribution in [0.3, 0.4) is 0 Å². The van der Waals surface area contributed by atoms with Crippen LogP contribution in [0, 0.1) is 11.8 Å².